The Hall–Kier alpha value is -4.28. The predicted molar refractivity (Wildman–Crippen MR) is 152 cm³/mol. The number of benzene rings is 2. The Bertz CT molecular complexity index is 1530. The summed E-state index contributed by atoms with van der Waals surface area (Å²) in [5.74, 6) is 0.895. The molecular formula is C30H34N6O4. The molecule has 1 amide bonds. The minimum atomic E-state index is -1.28. The van der Waals surface area contributed by atoms with Crippen LogP contribution in [0, 0.1) is 0 Å². The van der Waals surface area contributed by atoms with Crippen molar-refractivity contribution in [1.29, 1.82) is 0 Å². The van der Waals surface area contributed by atoms with E-state index in [-0.39, 0.29) is 24.2 Å². The van der Waals surface area contributed by atoms with Crippen LogP contribution in [0.1, 0.15) is 68.0 Å². The fourth-order valence-corrected chi connectivity index (χ4v) is 5.05. The minimum absolute atomic E-state index is 0.0314. The lowest BCUT2D eigenvalue weighted by molar-refractivity contribution is 0.0633. The van der Waals surface area contributed by atoms with Crippen LogP contribution in [-0.4, -0.2) is 49.3 Å². The fraction of sp³-hybridized carbons (Fsp3) is 0.333. The normalized spacial score (nSPS) is 15.2. The summed E-state index contributed by atoms with van der Waals surface area (Å²) >= 11 is 0. The lowest BCUT2D eigenvalue weighted by Crippen LogP contribution is -2.38. The number of aromatic nitrogens is 3. The number of carbonyl (C=O) groups excluding carboxylic acids is 1. The monoisotopic (exact) mass is 542 g/mol. The molecule has 0 saturated carbocycles. The van der Waals surface area contributed by atoms with Gasteiger partial charge in [0, 0.05) is 30.1 Å². The third-order valence-corrected chi connectivity index (χ3v) is 7.24. The molecule has 5 rings (SSSR count). The van der Waals surface area contributed by atoms with Crippen LogP contribution >= 0.6 is 0 Å². The van der Waals surface area contributed by atoms with Gasteiger partial charge in [0.1, 0.15) is 11.4 Å². The van der Waals surface area contributed by atoms with Gasteiger partial charge in [-0.1, -0.05) is 35.5 Å². The van der Waals surface area contributed by atoms with Crippen LogP contribution in [0.15, 0.2) is 65.3 Å². The number of carbonyl (C=O) groups is 1. The van der Waals surface area contributed by atoms with Crippen molar-refractivity contribution in [2.24, 2.45) is 0 Å². The van der Waals surface area contributed by atoms with Gasteiger partial charge in [-0.25, -0.2) is 4.98 Å². The zero-order valence-corrected chi connectivity index (χ0v) is 23.3. The van der Waals surface area contributed by atoms with Gasteiger partial charge in [-0.3, -0.25) is 4.79 Å². The number of hydrogen-bond acceptors (Lipinski definition) is 9. The molecule has 10 nitrogen and oxygen atoms in total. The zero-order valence-electron chi connectivity index (χ0n) is 23.3. The van der Waals surface area contributed by atoms with Crippen LogP contribution in [0.5, 0.6) is 0 Å². The molecule has 1 aliphatic rings. The van der Waals surface area contributed by atoms with Crippen molar-refractivity contribution in [3.05, 3.63) is 83.3 Å². The number of hydrogen-bond donors (Lipinski definition) is 4. The number of aliphatic hydroxyl groups is 2. The summed E-state index contributed by atoms with van der Waals surface area (Å²) in [6.45, 7) is 9.69. The molecule has 1 atom stereocenters. The summed E-state index contributed by atoms with van der Waals surface area (Å²) < 4.78 is 5.48. The average Bonchev–Trinajstić information content (AvgIpc) is 3.49. The lowest BCUT2D eigenvalue weighted by Gasteiger charge is -2.31. The highest BCUT2D eigenvalue weighted by molar-refractivity contribution is 6.00. The topological polar surface area (TPSA) is 137 Å². The van der Waals surface area contributed by atoms with Gasteiger partial charge in [0.25, 0.3) is 11.8 Å². The van der Waals surface area contributed by atoms with Crippen molar-refractivity contribution in [3.8, 4) is 11.5 Å². The molecule has 0 saturated heterocycles. The number of pyridine rings is 1. The number of amides is 1. The Labute approximate surface area is 233 Å². The third kappa shape index (κ3) is 5.03. The van der Waals surface area contributed by atoms with Gasteiger partial charge in [-0.15, -0.1) is 0 Å². The molecule has 2 aromatic heterocycles. The first-order chi connectivity index (χ1) is 19.0. The van der Waals surface area contributed by atoms with E-state index in [1.807, 2.05) is 74.2 Å². The SMILES string of the molecule is CCN1C(=O)c2ccc(Nc3cc(N[C@H](CO)c4ccccc4)c(-c4nc(C(C)(C)O)no4)cn3)cc2C1(C)C. The van der Waals surface area contributed by atoms with Crippen LogP contribution < -0.4 is 10.6 Å². The van der Waals surface area contributed by atoms with E-state index in [2.05, 4.69) is 25.8 Å². The molecule has 2 aromatic carbocycles. The number of fused-ring (bicyclic) bond motifs is 1. The minimum Gasteiger partial charge on any atom is -0.394 e. The van der Waals surface area contributed by atoms with E-state index >= 15 is 0 Å². The van der Waals surface area contributed by atoms with Crippen LogP contribution in [0.3, 0.4) is 0 Å². The van der Waals surface area contributed by atoms with Crippen molar-refractivity contribution in [3.63, 3.8) is 0 Å². The summed E-state index contributed by atoms with van der Waals surface area (Å²) in [6.07, 6.45) is 1.60. The molecule has 0 spiro atoms. The third-order valence-electron chi connectivity index (χ3n) is 7.24. The first-order valence-corrected chi connectivity index (χ1v) is 13.3. The Morgan fingerprint density at radius 2 is 1.85 bits per heavy atom. The quantitative estimate of drug-likeness (QED) is 0.231. The van der Waals surface area contributed by atoms with E-state index in [0.29, 0.717) is 29.2 Å². The highest BCUT2D eigenvalue weighted by Gasteiger charge is 2.42. The molecule has 0 radical (unpaired) electrons. The van der Waals surface area contributed by atoms with Crippen molar-refractivity contribution in [1.82, 2.24) is 20.0 Å². The zero-order chi connectivity index (χ0) is 28.7. The Kier molecular flexibility index (Phi) is 7.07. The van der Waals surface area contributed by atoms with Crippen molar-refractivity contribution in [2.45, 2.75) is 51.8 Å². The first-order valence-electron chi connectivity index (χ1n) is 13.3. The molecule has 3 heterocycles. The van der Waals surface area contributed by atoms with E-state index in [0.717, 1.165) is 16.8 Å². The van der Waals surface area contributed by atoms with Gasteiger partial charge in [0.15, 0.2) is 0 Å². The van der Waals surface area contributed by atoms with E-state index in [9.17, 15) is 15.0 Å². The standard InChI is InChI=1S/C30H34N6O4/c1-6-36-27(38)20-13-12-19(14-22(20)29(36,2)3)32-25-15-23(33-24(17-37)18-10-8-7-9-11-18)21(16-31-25)26-34-28(35-40-26)30(4,5)39/h7-16,24,37,39H,6,17H2,1-5H3,(H2,31,32,33)/t24-/m1/s1. The molecule has 0 fully saturated rings. The molecule has 0 aliphatic carbocycles. The second kappa shape index (κ2) is 10.4. The van der Waals surface area contributed by atoms with Crippen LogP contribution in [0.25, 0.3) is 11.5 Å². The summed E-state index contributed by atoms with van der Waals surface area (Å²) in [7, 11) is 0. The largest absolute Gasteiger partial charge is 0.394 e. The first kappa shape index (κ1) is 27.3. The second-order valence-corrected chi connectivity index (χ2v) is 10.9. The van der Waals surface area contributed by atoms with Gasteiger partial charge < -0.3 is 30.3 Å². The maximum Gasteiger partial charge on any atom is 0.261 e. The molecule has 40 heavy (non-hydrogen) atoms. The molecule has 1 aliphatic heterocycles. The highest BCUT2D eigenvalue weighted by Crippen LogP contribution is 2.40. The van der Waals surface area contributed by atoms with Crippen LogP contribution in [0.2, 0.25) is 0 Å². The molecule has 4 aromatic rings. The van der Waals surface area contributed by atoms with Crippen molar-refractivity contribution in [2.75, 3.05) is 23.8 Å². The van der Waals surface area contributed by atoms with E-state index in [1.54, 1.807) is 26.1 Å². The van der Waals surface area contributed by atoms with Crippen molar-refractivity contribution < 1.29 is 19.5 Å². The van der Waals surface area contributed by atoms with E-state index in [4.69, 9.17) is 4.52 Å². The van der Waals surface area contributed by atoms with Crippen LogP contribution in [-0.2, 0) is 11.1 Å². The number of anilines is 3. The van der Waals surface area contributed by atoms with E-state index in [1.165, 1.54) is 0 Å². The number of aliphatic hydroxyl groups excluding tert-OH is 1. The molecule has 0 unspecified atom stereocenters. The molecule has 208 valence electrons. The lowest BCUT2D eigenvalue weighted by atomic mass is 9.93. The summed E-state index contributed by atoms with van der Waals surface area (Å²) in [4.78, 5) is 23.7. The summed E-state index contributed by atoms with van der Waals surface area (Å²) in [5, 5.41) is 31.2. The second-order valence-electron chi connectivity index (χ2n) is 10.9. The predicted octanol–water partition coefficient (Wildman–Crippen LogP) is 4.96. The van der Waals surface area contributed by atoms with Gasteiger partial charge in [-0.2, -0.15) is 4.98 Å². The van der Waals surface area contributed by atoms with Crippen molar-refractivity contribution >= 4 is 23.1 Å². The summed E-state index contributed by atoms with van der Waals surface area (Å²) in [6, 6.07) is 16.7. The van der Waals surface area contributed by atoms with Gasteiger partial charge in [0.05, 0.1) is 29.4 Å². The molecule has 4 N–H and O–H groups in total. The molecule has 10 heteroatoms. The fourth-order valence-electron chi connectivity index (χ4n) is 5.05. The Morgan fingerprint density at radius 1 is 1.10 bits per heavy atom. The maximum atomic E-state index is 12.9. The van der Waals surface area contributed by atoms with Crippen LogP contribution in [0.4, 0.5) is 17.2 Å². The number of nitrogens with one attached hydrogen (secondary N) is 2. The summed E-state index contributed by atoms with van der Waals surface area (Å²) in [5.41, 5.74) is 2.75. The van der Waals surface area contributed by atoms with Gasteiger partial charge in [0.2, 0.25) is 5.82 Å². The van der Waals surface area contributed by atoms with Gasteiger partial charge in [-0.05, 0) is 63.9 Å². The average molecular weight is 543 g/mol. The maximum absolute atomic E-state index is 12.9. The molecule has 0 bridgehead atoms. The number of nitrogens with zero attached hydrogens (tertiary/aromatic N) is 4. The smallest absolute Gasteiger partial charge is 0.261 e. The highest BCUT2D eigenvalue weighted by atomic mass is 16.5. The van der Waals surface area contributed by atoms with Gasteiger partial charge >= 0.3 is 0 Å². The Balaban J connectivity index is 1.51. The molecular weight excluding hydrogens is 508 g/mol. The van der Waals surface area contributed by atoms with E-state index < -0.39 is 17.2 Å². The number of rotatable bonds is 9. The Morgan fingerprint density at radius 3 is 2.50 bits per heavy atom.